The van der Waals surface area contributed by atoms with E-state index in [1.54, 1.807) is 6.20 Å². The molecule has 1 saturated heterocycles. The molecule has 1 N–H and O–H groups in total. The molecule has 4 heteroatoms. The van der Waals surface area contributed by atoms with Crippen LogP contribution in [0.3, 0.4) is 0 Å². The number of carbonyl (C=O) groups excluding carboxylic acids is 1. The third kappa shape index (κ3) is 2.32. The lowest BCUT2D eigenvalue weighted by Gasteiger charge is -2.40. The maximum absolute atomic E-state index is 11.6. The Morgan fingerprint density at radius 3 is 2.81 bits per heavy atom. The minimum atomic E-state index is 0.0933. The molecule has 0 radical (unpaired) electrons. The number of carbonyl (C=O) groups is 1. The summed E-state index contributed by atoms with van der Waals surface area (Å²) in [6.45, 7) is 5.44. The summed E-state index contributed by atoms with van der Waals surface area (Å²) in [5.74, 6) is 1.21. The highest BCUT2D eigenvalue weighted by atomic mass is 16.2. The van der Waals surface area contributed by atoms with Crippen LogP contribution in [-0.2, 0) is 4.79 Å². The summed E-state index contributed by atoms with van der Waals surface area (Å²) >= 11 is 0. The molecule has 0 aromatic carbocycles. The van der Waals surface area contributed by atoms with Crippen molar-refractivity contribution in [2.24, 2.45) is 5.92 Å². The molecule has 1 aliphatic heterocycles. The van der Waals surface area contributed by atoms with Gasteiger partial charge < -0.3 is 10.2 Å². The molecule has 0 aliphatic carbocycles. The highest BCUT2D eigenvalue weighted by Crippen LogP contribution is 2.15. The van der Waals surface area contributed by atoms with Crippen LogP contribution in [0.15, 0.2) is 24.4 Å². The molecule has 2 heterocycles. The first-order valence-corrected chi connectivity index (χ1v) is 5.63. The molecule has 1 amide bonds. The second-order valence-electron chi connectivity index (χ2n) is 4.45. The lowest BCUT2D eigenvalue weighted by Crippen LogP contribution is -2.58. The van der Waals surface area contributed by atoms with E-state index in [9.17, 15) is 4.79 Å². The molecule has 0 bridgehead atoms. The molecule has 0 spiro atoms. The van der Waals surface area contributed by atoms with Crippen LogP contribution in [0, 0.1) is 5.92 Å². The molecule has 2 rings (SSSR count). The van der Waals surface area contributed by atoms with Crippen molar-refractivity contribution < 1.29 is 4.79 Å². The highest BCUT2D eigenvalue weighted by Gasteiger charge is 2.31. The van der Waals surface area contributed by atoms with Gasteiger partial charge in [0.15, 0.2) is 0 Å². The number of anilines is 1. The van der Waals surface area contributed by atoms with Crippen molar-refractivity contribution in [3.63, 3.8) is 0 Å². The molecule has 0 saturated carbocycles. The number of likely N-dealkylation sites (tertiary alicyclic amines) is 1. The average molecular weight is 219 g/mol. The van der Waals surface area contributed by atoms with Crippen LogP contribution in [0.4, 0.5) is 5.82 Å². The maximum Gasteiger partial charge on any atom is 0.225 e. The summed E-state index contributed by atoms with van der Waals surface area (Å²) in [6, 6.07) is 6.12. The van der Waals surface area contributed by atoms with Crippen LogP contribution >= 0.6 is 0 Å². The third-order valence-electron chi connectivity index (χ3n) is 2.70. The van der Waals surface area contributed by atoms with Gasteiger partial charge in [-0.25, -0.2) is 4.98 Å². The first-order valence-electron chi connectivity index (χ1n) is 5.63. The zero-order valence-corrected chi connectivity index (χ0v) is 9.68. The Bertz CT molecular complexity index is 358. The topological polar surface area (TPSA) is 45.2 Å². The maximum atomic E-state index is 11.6. The molecule has 4 nitrogen and oxygen atoms in total. The second-order valence-corrected chi connectivity index (χ2v) is 4.45. The Morgan fingerprint density at radius 2 is 2.25 bits per heavy atom. The first-order chi connectivity index (χ1) is 7.66. The van der Waals surface area contributed by atoms with Crippen molar-refractivity contribution in [3.05, 3.63) is 24.4 Å². The van der Waals surface area contributed by atoms with Crippen molar-refractivity contribution in [3.8, 4) is 0 Å². The fraction of sp³-hybridized carbons (Fsp3) is 0.500. The van der Waals surface area contributed by atoms with Gasteiger partial charge in [0, 0.05) is 25.2 Å². The second kappa shape index (κ2) is 4.51. The number of aromatic nitrogens is 1. The van der Waals surface area contributed by atoms with E-state index < -0.39 is 0 Å². The van der Waals surface area contributed by atoms with Gasteiger partial charge in [0.1, 0.15) is 5.82 Å². The molecule has 0 atom stereocenters. The van der Waals surface area contributed by atoms with E-state index in [0.717, 1.165) is 18.9 Å². The number of nitrogens with one attached hydrogen (secondary N) is 1. The van der Waals surface area contributed by atoms with Crippen LogP contribution in [0.2, 0.25) is 0 Å². The van der Waals surface area contributed by atoms with Crippen molar-refractivity contribution in [2.45, 2.75) is 19.9 Å². The highest BCUT2D eigenvalue weighted by molar-refractivity contribution is 5.79. The molecule has 1 aromatic heterocycles. The third-order valence-corrected chi connectivity index (χ3v) is 2.70. The molecular formula is C12H17N3O. The van der Waals surface area contributed by atoms with Gasteiger partial charge in [-0.3, -0.25) is 4.79 Å². The largest absolute Gasteiger partial charge is 0.364 e. The fourth-order valence-corrected chi connectivity index (χ4v) is 1.77. The Morgan fingerprint density at radius 1 is 1.50 bits per heavy atom. The number of hydrogen-bond donors (Lipinski definition) is 1. The van der Waals surface area contributed by atoms with Crippen LogP contribution in [0.5, 0.6) is 0 Å². The summed E-state index contributed by atoms with van der Waals surface area (Å²) < 4.78 is 0. The molecular weight excluding hydrogens is 202 g/mol. The lowest BCUT2D eigenvalue weighted by molar-refractivity contribution is -0.138. The standard InChI is InChI=1S/C12H17N3O/c1-9(2)12(16)15-7-10(8-15)14-11-5-3-4-6-13-11/h3-6,9-10H,7-8H2,1-2H3,(H,13,14). The van der Waals surface area contributed by atoms with E-state index in [1.807, 2.05) is 36.9 Å². The number of hydrogen-bond acceptors (Lipinski definition) is 3. The van der Waals surface area contributed by atoms with Gasteiger partial charge in [0.05, 0.1) is 6.04 Å². The average Bonchev–Trinajstić information content (AvgIpc) is 2.23. The molecule has 1 aliphatic rings. The van der Waals surface area contributed by atoms with Gasteiger partial charge in [-0.2, -0.15) is 0 Å². The first kappa shape index (κ1) is 10.9. The SMILES string of the molecule is CC(C)C(=O)N1CC(Nc2ccccn2)C1. The van der Waals surface area contributed by atoms with E-state index in [2.05, 4.69) is 10.3 Å². The monoisotopic (exact) mass is 219 g/mol. The quantitative estimate of drug-likeness (QED) is 0.835. The smallest absolute Gasteiger partial charge is 0.225 e. The fourth-order valence-electron chi connectivity index (χ4n) is 1.77. The van der Waals surface area contributed by atoms with Crippen LogP contribution < -0.4 is 5.32 Å². The number of nitrogens with zero attached hydrogens (tertiary/aromatic N) is 2. The van der Waals surface area contributed by atoms with Gasteiger partial charge in [-0.1, -0.05) is 19.9 Å². The number of amides is 1. The van der Waals surface area contributed by atoms with E-state index in [1.165, 1.54) is 0 Å². The Labute approximate surface area is 95.7 Å². The van der Waals surface area contributed by atoms with Crippen molar-refractivity contribution >= 4 is 11.7 Å². The Kier molecular flexibility index (Phi) is 3.08. The number of pyridine rings is 1. The van der Waals surface area contributed by atoms with Crippen molar-refractivity contribution in [2.75, 3.05) is 18.4 Å². The zero-order chi connectivity index (χ0) is 11.5. The van der Waals surface area contributed by atoms with Crippen LogP contribution in [-0.4, -0.2) is 34.9 Å². The van der Waals surface area contributed by atoms with Crippen LogP contribution in [0.1, 0.15) is 13.8 Å². The summed E-state index contributed by atoms with van der Waals surface area (Å²) in [6.07, 6.45) is 1.76. The van der Waals surface area contributed by atoms with Crippen LogP contribution in [0.25, 0.3) is 0 Å². The molecule has 86 valence electrons. The molecule has 1 fully saturated rings. The molecule has 0 unspecified atom stereocenters. The van der Waals surface area contributed by atoms with Gasteiger partial charge in [0.25, 0.3) is 0 Å². The Balaban J connectivity index is 1.79. The van der Waals surface area contributed by atoms with Crippen molar-refractivity contribution in [1.82, 2.24) is 9.88 Å². The van der Waals surface area contributed by atoms with Crippen molar-refractivity contribution in [1.29, 1.82) is 0 Å². The minimum absolute atomic E-state index is 0.0933. The number of rotatable bonds is 3. The van der Waals surface area contributed by atoms with Gasteiger partial charge in [-0.15, -0.1) is 0 Å². The van der Waals surface area contributed by atoms with E-state index in [-0.39, 0.29) is 11.8 Å². The zero-order valence-electron chi connectivity index (χ0n) is 9.68. The summed E-state index contributed by atoms with van der Waals surface area (Å²) in [5.41, 5.74) is 0. The summed E-state index contributed by atoms with van der Waals surface area (Å²) in [7, 11) is 0. The van der Waals surface area contributed by atoms with Gasteiger partial charge in [0.2, 0.25) is 5.91 Å². The lowest BCUT2D eigenvalue weighted by atomic mass is 10.1. The van der Waals surface area contributed by atoms with Gasteiger partial charge in [-0.05, 0) is 12.1 Å². The minimum Gasteiger partial charge on any atom is -0.364 e. The van der Waals surface area contributed by atoms with E-state index >= 15 is 0 Å². The predicted molar refractivity (Wildman–Crippen MR) is 63.1 cm³/mol. The van der Waals surface area contributed by atoms with E-state index in [0.29, 0.717) is 6.04 Å². The molecule has 1 aromatic rings. The molecule has 16 heavy (non-hydrogen) atoms. The predicted octanol–water partition coefficient (Wildman–Crippen LogP) is 1.36. The van der Waals surface area contributed by atoms with Gasteiger partial charge >= 0.3 is 0 Å². The summed E-state index contributed by atoms with van der Waals surface area (Å²) in [4.78, 5) is 17.7. The summed E-state index contributed by atoms with van der Waals surface area (Å²) in [5, 5.41) is 3.30. The normalized spacial score (nSPS) is 16.1. The Hall–Kier alpha value is -1.58. The van der Waals surface area contributed by atoms with E-state index in [4.69, 9.17) is 0 Å².